The molecule has 1 N–H and O–H groups in total. The van der Waals surface area contributed by atoms with Gasteiger partial charge in [0.05, 0.1) is 17.1 Å². The molecule has 0 aliphatic heterocycles. The molecule has 0 spiro atoms. The lowest BCUT2D eigenvalue weighted by molar-refractivity contribution is 0.102. The van der Waals surface area contributed by atoms with Gasteiger partial charge < -0.3 is 10.1 Å². The van der Waals surface area contributed by atoms with Gasteiger partial charge in [0.25, 0.3) is 15.9 Å². The summed E-state index contributed by atoms with van der Waals surface area (Å²) in [5.41, 5.74) is 1.45. The second-order valence-corrected chi connectivity index (χ2v) is 8.63. The molecule has 0 aromatic heterocycles. The number of carbonyl (C=O) groups excluding carboxylic acids is 1. The molecule has 0 saturated heterocycles. The molecule has 0 radical (unpaired) electrons. The average Bonchev–Trinajstić information content (AvgIpc) is 2.82. The van der Waals surface area contributed by atoms with E-state index in [1.807, 2.05) is 0 Å². The topological polar surface area (TPSA) is 75.7 Å². The molecule has 7 heteroatoms. The third-order valence-electron chi connectivity index (χ3n) is 4.52. The summed E-state index contributed by atoms with van der Waals surface area (Å²) in [6.45, 7) is 7.77. The maximum Gasteiger partial charge on any atom is 0.264 e. The number of carbonyl (C=O) groups is 1. The van der Waals surface area contributed by atoms with Gasteiger partial charge >= 0.3 is 0 Å². The van der Waals surface area contributed by atoms with Crippen molar-refractivity contribution in [1.82, 2.24) is 0 Å². The first kappa shape index (κ1) is 22.8. The lowest BCUT2D eigenvalue weighted by Crippen LogP contribution is -2.31. The van der Waals surface area contributed by atoms with Gasteiger partial charge in [-0.25, -0.2) is 8.42 Å². The Morgan fingerprint density at radius 1 is 0.906 bits per heavy atom. The first-order valence-corrected chi connectivity index (χ1v) is 11.3. The van der Waals surface area contributed by atoms with Crippen LogP contribution in [-0.2, 0) is 10.0 Å². The normalized spacial score (nSPS) is 10.8. The minimum absolute atomic E-state index is 0.100. The Morgan fingerprint density at radius 2 is 1.56 bits per heavy atom. The van der Waals surface area contributed by atoms with Gasteiger partial charge in [0, 0.05) is 11.3 Å². The molecular weight excluding hydrogens is 424 g/mol. The van der Waals surface area contributed by atoms with E-state index in [2.05, 4.69) is 18.5 Å². The van der Waals surface area contributed by atoms with Gasteiger partial charge in [-0.3, -0.25) is 9.10 Å². The summed E-state index contributed by atoms with van der Waals surface area (Å²) in [5, 5.41) is 2.81. The largest absolute Gasteiger partial charge is 0.490 e. The lowest BCUT2D eigenvalue weighted by atomic mass is 10.2. The van der Waals surface area contributed by atoms with E-state index in [1.54, 1.807) is 84.9 Å². The van der Waals surface area contributed by atoms with Gasteiger partial charge in [-0.15, -0.1) is 6.58 Å². The van der Waals surface area contributed by atoms with Crippen molar-refractivity contribution in [2.45, 2.75) is 4.90 Å². The molecule has 0 aliphatic carbocycles. The maximum absolute atomic E-state index is 13.1. The van der Waals surface area contributed by atoms with E-state index in [1.165, 1.54) is 10.4 Å². The maximum atomic E-state index is 13.1. The molecule has 3 aromatic rings. The molecule has 0 bridgehead atoms. The summed E-state index contributed by atoms with van der Waals surface area (Å²) in [7, 11) is -3.77. The van der Waals surface area contributed by atoms with Gasteiger partial charge in [-0.1, -0.05) is 36.9 Å². The quantitative estimate of drug-likeness (QED) is 0.448. The SMILES string of the molecule is C=CCOc1ccc(NC(=O)c2ccc(N(CC=C)S(=O)(=O)c3ccccc3)cc2)cc1. The van der Waals surface area contributed by atoms with Crippen molar-refractivity contribution in [2.75, 3.05) is 22.8 Å². The molecule has 1 amide bonds. The predicted octanol–water partition coefficient (Wildman–Crippen LogP) is 4.89. The number of rotatable bonds is 10. The fourth-order valence-corrected chi connectivity index (χ4v) is 4.41. The highest BCUT2D eigenvalue weighted by molar-refractivity contribution is 7.92. The van der Waals surface area contributed by atoms with Gasteiger partial charge in [-0.2, -0.15) is 0 Å². The zero-order valence-electron chi connectivity index (χ0n) is 17.5. The number of ether oxygens (including phenoxy) is 1. The van der Waals surface area contributed by atoms with Gasteiger partial charge in [0.1, 0.15) is 12.4 Å². The zero-order valence-corrected chi connectivity index (χ0v) is 18.3. The molecule has 0 saturated carbocycles. The Hall–Kier alpha value is -3.84. The third-order valence-corrected chi connectivity index (χ3v) is 6.33. The number of amides is 1. The van der Waals surface area contributed by atoms with Crippen LogP contribution in [0.4, 0.5) is 11.4 Å². The first-order valence-electron chi connectivity index (χ1n) is 9.89. The van der Waals surface area contributed by atoms with Crippen molar-refractivity contribution in [3.63, 3.8) is 0 Å². The van der Waals surface area contributed by atoms with Crippen LogP contribution >= 0.6 is 0 Å². The van der Waals surface area contributed by atoms with Crippen LogP contribution in [0.25, 0.3) is 0 Å². The second-order valence-electron chi connectivity index (χ2n) is 6.76. The third kappa shape index (κ3) is 5.44. The summed E-state index contributed by atoms with van der Waals surface area (Å²) in [4.78, 5) is 12.8. The molecular formula is C25H24N2O4S. The van der Waals surface area contributed by atoms with Gasteiger partial charge in [-0.05, 0) is 60.7 Å². The fraction of sp³-hybridized carbons (Fsp3) is 0.0800. The average molecular weight is 449 g/mol. The second kappa shape index (κ2) is 10.5. The summed E-state index contributed by atoms with van der Waals surface area (Å²) in [6, 6.07) is 21.5. The van der Waals surface area contributed by atoms with Crippen molar-refractivity contribution < 1.29 is 17.9 Å². The highest BCUT2D eigenvalue weighted by Crippen LogP contribution is 2.24. The predicted molar refractivity (Wildman–Crippen MR) is 128 cm³/mol. The van der Waals surface area contributed by atoms with E-state index in [0.29, 0.717) is 29.3 Å². The molecule has 0 aliphatic rings. The summed E-state index contributed by atoms with van der Waals surface area (Å²) in [6.07, 6.45) is 3.17. The molecule has 3 rings (SSSR count). The van der Waals surface area contributed by atoms with E-state index in [4.69, 9.17) is 4.74 Å². The van der Waals surface area contributed by atoms with Crippen LogP contribution in [0.3, 0.4) is 0 Å². The van der Waals surface area contributed by atoms with E-state index in [9.17, 15) is 13.2 Å². The monoisotopic (exact) mass is 448 g/mol. The number of nitrogens with one attached hydrogen (secondary N) is 1. The number of hydrogen-bond acceptors (Lipinski definition) is 4. The number of nitrogens with zero attached hydrogens (tertiary/aromatic N) is 1. The smallest absolute Gasteiger partial charge is 0.264 e. The fourth-order valence-electron chi connectivity index (χ4n) is 2.95. The first-order chi connectivity index (χ1) is 15.5. The van der Waals surface area contributed by atoms with Crippen LogP contribution in [0, 0.1) is 0 Å². The Bertz CT molecular complexity index is 1170. The molecule has 0 unspecified atom stereocenters. The van der Waals surface area contributed by atoms with Crippen LogP contribution in [0.15, 0.2) is 109 Å². The van der Waals surface area contributed by atoms with Crippen molar-refractivity contribution in [2.24, 2.45) is 0 Å². The Morgan fingerprint density at radius 3 is 2.16 bits per heavy atom. The van der Waals surface area contributed by atoms with E-state index in [0.717, 1.165) is 0 Å². The summed E-state index contributed by atoms with van der Waals surface area (Å²) < 4.78 is 32.8. The number of sulfonamides is 1. The van der Waals surface area contributed by atoms with Crippen LogP contribution in [0.1, 0.15) is 10.4 Å². The molecule has 6 nitrogen and oxygen atoms in total. The number of anilines is 2. The summed E-state index contributed by atoms with van der Waals surface area (Å²) in [5.74, 6) is 0.367. The minimum atomic E-state index is -3.77. The van der Waals surface area contributed by atoms with E-state index in [-0.39, 0.29) is 17.3 Å². The Kier molecular flexibility index (Phi) is 7.46. The molecule has 3 aromatic carbocycles. The Labute approximate surface area is 188 Å². The summed E-state index contributed by atoms with van der Waals surface area (Å²) >= 11 is 0. The highest BCUT2D eigenvalue weighted by Gasteiger charge is 2.24. The van der Waals surface area contributed by atoms with Crippen molar-refractivity contribution in [1.29, 1.82) is 0 Å². The molecule has 0 atom stereocenters. The van der Waals surface area contributed by atoms with Crippen LogP contribution < -0.4 is 14.4 Å². The zero-order chi connectivity index (χ0) is 23.0. The highest BCUT2D eigenvalue weighted by atomic mass is 32.2. The standard InChI is InChI=1S/C25H24N2O4S/c1-3-18-27(32(29,30)24-8-6-5-7-9-24)22-14-10-20(11-15-22)25(28)26-21-12-16-23(17-13-21)31-19-4-2/h3-17H,1-2,18-19H2,(H,26,28). The molecule has 0 fully saturated rings. The van der Waals surface area contributed by atoms with Crippen LogP contribution in [-0.4, -0.2) is 27.5 Å². The Balaban J connectivity index is 1.75. The van der Waals surface area contributed by atoms with Crippen molar-refractivity contribution >= 4 is 27.3 Å². The molecule has 164 valence electrons. The van der Waals surface area contributed by atoms with Gasteiger partial charge in [0.15, 0.2) is 0 Å². The number of benzene rings is 3. The lowest BCUT2D eigenvalue weighted by Gasteiger charge is -2.23. The number of hydrogen-bond donors (Lipinski definition) is 1. The molecule has 32 heavy (non-hydrogen) atoms. The van der Waals surface area contributed by atoms with E-state index < -0.39 is 10.0 Å². The van der Waals surface area contributed by atoms with Gasteiger partial charge in [0.2, 0.25) is 0 Å². The van der Waals surface area contributed by atoms with E-state index >= 15 is 0 Å². The van der Waals surface area contributed by atoms with Crippen molar-refractivity contribution in [3.8, 4) is 5.75 Å². The van der Waals surface area contributed by atoms with Crippen molar-refractivity contribution in [3.05, 3.63) is 110 Å². The minimum Gasteiger partial charge on any atom is -0.490 e. The molecule has 0 heterocycles. The van der Waals surface area contributed by atoms with Crippen LogP contribution in [0.5, 0.6) is 5.75 Å². The van der Waals surface area contributed by atoms with Crippen LogP contribution in [0.2, 0.25) is 0 Å².